The molecule has 0 amide bonds. The number of fused-ring (bicyclic) bond motifs is 5. The summed E-state index contributed by atoms with van der Waals surface area (Å²) in [6.07, 6.45) is 1.88. The number of aromatic hydroxyl groups is 1. The van der Waals surface area contributed by atoms with Crippen LogP contribution in [0, 0.1) is 6.92 Å². The summed E-state index contributed by atoms with van der Waals surface area (Å²) < 4.78 is 5.77. The molecule has 0 saturated heterocycles. The van der Waals surface area contributed by atoms with Crippen LogP contribution in [-0.4, -0.2) is 29.2 Å². The molecule has 5 heterocycles. The summed E-state index contributed by atoms with van der Waals surface area (Å²) in [6, 6.07) is 52.4. The second-order valence-electron chi connectivity index (χ2n) is 24.1. The number of nitrogens with zero attached hydrogens (tertiary/aromatic N) is 5. The third-order valence-corrected chi connectivity index (χ3v) is 16.0. The predicted octanol–water partition coefficient (Wildman–Crippen LogP) is 18.0. The summed E-state index contributed by atoms with van der Waals surface area (Å²) in [6.45, 7) is 29.0. The van der Waals surface area contributed by atoms with Crippen molar-refractivity contribution in [2.24, 2.45) is 0 Å². The van der Waals surface area contributed by atoms with Gasteiger partial charge in [0.1, 0.15) is 23.0 Å². The fraction of sp³-hybridized carbons (Fsp3) is 0.258. The Bertz CT molecular complexity index is 3960. The van der Waals surface area contributed by atoms with Gasteiger partial charge in [-0.25, -0.2) is 15.0 Å². The molecule has 0 saturated carbocycles. The summed E-state index contributed by atoms with van der Waals surface area (Å²) in [5.74, 6) is 1.70. The zero-order chi connectivity index (χ0) is 51.5. The third-order valence-electron chi connectivity index (χ3n) is 14.7. The fourth-order valence-corrected chi connectivity index (χ4v) is 11.7. The molecule has 0 radical (unpaired) electrons. The van der Waals surface area contributed by atoms with Crippen LogP contribution in [0.15, 0.2) is 152 Å². The monoisotopic (exact) mass is 1170 g/mol. The predicted molar refractivity (Wildman–Crippen MR) is 309 cm³/mol. The molecule has 376 valence electrons. The number of phenols is 1. The molecule has 6 aromatic carbocycles. The zero-order valence-electron chi connectivity index (χ0n) is 44.8. The minimum absolute atomic E-state index is 0. The van der Waals surface area contributed by atoms with Crippen molar-refractivity contribution in [1.82, 2.24) is 24.1 Å². The molecule has 0 aliphatic carbocycles. The van der Waals surface area contributed by atoms with E-state index in [9.17, 15) is 5.11 Å². The Kier molecular flexibility index (Phi) is 12.6. The Balaban J connectivity index is 0.00000626. The summed E-state index contributed by atoms with van der Waals surface area (Å²) in [5.41, 5.74) is 15.2. The van der Waals surface area contributed by atoms with Gasteiger partial charge in [-0.2, -0.15) is 0 Å². The number of pyridine rings is 2. The van der Waals surface area contributed by atoms with Gasteiger partial charge >= 0.3 is 0 Å². The Labute approximate surface area is 454 Å². The van der Waals surface area contributed by atoms with Gasteiger partial charge in [-0.3, -0.25) is 9.13 Å². The maximum Gasteiger partial charge on any atom is 0.149 e. The third kappa shape index (κ3) is 8.80. The number of para-hydroxylation sites is 1. The van der Waals surface area contributed by atoms with Crippen molar-refractivity contribution >= 4 is 54.4 Å². The van der Waals surface area contributed by atoms with E-state index in [1.165, 1.54) is 31.7 Å². The molecule has 8 heteroatoms. The van der Waals surface area contributed by atoms with E-state index < -0.39 is 0 Å². The fourth-order valence-electron chi connectivity index (χ4n) is 10.4. The topological polar surface area (TPSA) is 68.8 Å². The largest absolute Gasteiger partial charge is 0.507 e. The summed E-state index contributed by atoms with van der Waals surface area (Å²) in [4.78, 5) is 17.8. The van der Waals surface area contributed by atoms with Gasteiger partial charge in [-0.1, -0.05) is 168 Å². The average molecular weight is 1170 g/mol. The second-order valence-corrected chi connectivity index (χ2v) is 25.1. The molecule has 0 aliphatic rings. The molecule has 11 aromatic rings. The van der Waals surface area contributed by atoms with E-state index in [0.29, 0.717) is 11.4 Å². The Morgan fingerprint density at radius 3 is 1.81 bits per heavy atom. The van der Waals surface area contributed by atoms with Crippen LogP contribution in [0.2, 0.25) is 0 Å². The van der Waals surface area contributed by atoms with Crippen LogP contribution in [-0.2, 0) is 42.7 Å². The molecule has 0 aliphatic heterocycles. The van der Waals surface area contributed by atoms with Gasteiger partial charge in [-0.05, 0) is 128 Å². The Morgan fingerprint density at radius 1 is 0.500 bits per heavy atom. The number of hydrogen-bond donors (Lipinski definition) is 1. The molecule has 0 bridgehead atoms. The molecular formula is C66H65N5OPtS. The van der Waals surface area contributed by atoms with Gasteiger partial charge in [0, 0.05) is 64.3 Å². The number of benzene rings is 6. The van der Waals surface area contributed by atoms with E-state index in [4.69, 9.17) is 15.0 Å². The van der Waals surface area contributed by atoms with Crippen molar-refractivity contribution in [1.29, 1.82) is 0 Å². The molecule has 5 aromatic heterocycles. The van der Waals surface area contributed by atoms with Crippen LogP contribution in [0.25, 0.3) is 98.8 Å². The van der Waals surface area contributed by atoms with Gasteiger partial charge in [0.15, 0.2) is 0 Å². The standard InChI is InChI=1S/C66H65N5OS.Pt/c1-39-47-37-49-45-27-21-31-67-61(45)71(55(49)38-56(47)73-60(39)41-24-18-15-19-25-41)57-36-44(65(8,9)10)35-52(68-57)46-26-20-28-54-58(46)69-62(50-33-43(64(5,6)7)34-51(59(50)72)66(11,12)13)70(54)53-30-29-42(63(2,3)4)32-48(53)40-22-16-14-17-23-40;/h14-38,72H,1-13H3;. The van der Waals surface area contributed by atoms with Crippen molar-refractivity contribution in [3.63, 3.8) is 0 Å². The van der Waals surface area contributed by atoms with Gasteiger partial charge in [0.2, 0.25) is 0 Å². The SMILES string of the molecule is Cc1c(-c2ccccc2)sc2cc3c(cc12)c1cccnc1n3-c1cc(C(C)(C)C)cc(-c2cccc3c2nc(-c2cc(C(C)(C)C)cc(C(C)(C)C)c2O)n3-c2ccc(C(C)(C)C)cc2-c2ccccc2)n1.[Pt]. The van der Waals surface area contributed by atoms with Crippen LogP contribution in [0.5, 0.6) is 5.75 Å². The van der Waals surface area contributed by atoms with Gasteiger partial charge in [0.05, 0.1) is 33.5 Å². The average Bonchev–Trinajstić information content (AvgIpc) is 4.01. The number of imidazole rings is 1. The van der Waals surface area contributed by atoms with Gasteiger partial charge in [-0.15, -0.1) is 11.3 Å². The first-order chi connectivity index (χ1) is 34.6. The first-order valence-corrected chi connectivity index (χ1v) is 26.4. The maximum atomic E-state index is 12.7. The smallest absolute Gasteiger partial charge is 0.149 e. The quantitative estimate of drug-likeness (QED) is 0.180. The molecular weight excluding hydrogens is 1110 g/mol. The number of hydrogen-bond acceptors (Lipinski definition) is 5. The van der Waals surface area contributed by atoms with Crippen molar-refractivity contribution in [3.8, 4) is 61.5 Å². The Morgan fingerprint density at radius 2 is 1.15 bits per heavy atom. The molecule has 0 spiro atoms. The summed E-state index contributed by atoms with van der Waals surface area (Å²) in [5, 5.41) is 16.2. The number of phenolic OH excluding ortho intramolecular Hbond substituents is 1. The number of aromatic nitrogens is 5. The van der Waals surface area contributed by atoms with Crippen molar-refractivity contribution in [2.45, 2.75) is 112 Å². The van der Waals surface area contributed by atoms with E-state index in [2.05, 4.69) is 239 Å². The number of thiophene rings is 1. The molecule has 0 unspecified atom stereocenters. The molecule has 0 fully saturated rings. The van der Waals surface area contributed by atoms with Crippen LogP contribution < -0.4 is 0 Å². The van der Waals surface area contributed by atoms with Crippen molar-refractivity contribution in [3.05, 3.63) is 180 Å². The molecule has 0 atom stereocenters. The van der Waals surface area contributed by atoms with Crippen molar-refractivity contribution in [2.75, 3.05) is 0 Å². The first-order valence-electron chi connectivity index (χ1n) is 25.6. The minimum Gasteiger partial charge on any atom is -0.507 e. The Hall–Kier alpha value is -6.66. The van der Waals surface area contributed by atoms with Crippen LogP contribution in [0.4, 0.5) is 0 Å². The van der Waals surface area contributed by atoms with E-state index >= 15 is 0 Å². The molecule has 1 N–H and O–H groups in total. The van der Waals surface area contributed by atoms with E-state index in [1.807, 2.05) is 23.6 Å². The summed E-state index contributed by atoms with van der Waals surface area (Å²) in [7, 11) is 0. The van der Waals surface area contributed by atoms with Crippen LogP contribution in [0.1, 0.15) is 111 Å². The van der Waals surface area contributed by atoms with Gasteiger partial charge in [0.25, 0.3) is 0 Å². The number of aryl methyl sites for hydroxylation is 1. The molecule has 74 heavy (non-hydrogen) atoms. The minimum atomic E-state index is -0.348. The zero-order valence-corrected chi connectivity index (χ0v) is 47.9. The van der Waals surface area contributed by atoms with E-state index in [1.54, 1.807) is 0 Å². The molecule has 11 rings (SSSR count). The summed E-state index contributed by atoms with van der Waals surface area (Å²) >= 11 is 1.84. The maximum absolute atomic E-state index is 12.7. The molecule has 6 nitrogen and oxygen atoms in total. The normalized spacial score (nSPS) is 12.6. The van der Waals surface area contributed by atoms with Crippen LogP contribution >= 0.6 is 11.3 Å². The first kappa shape index (κ1) is 50.9. The van der Waals surface area contributed by atoms with E-state index in [-0.39, 0.29) is 48.5 Å². The van der Waals surface area contributed by atoms with Crippen LogP contribution in [0.3, 0.4) is 0 Å². The van der Waals surface area contributed by atoms with E-state index in [0.717, 1.165) is 83.5 Å². The number of rotatable bonds is 6. The van der Waals surface area contributed by atoms with Crippen molar-refractivity contribution < 1.29 is 26.2 Å². The van der Waals surface area contributed by atoms with Gasteiger partial charge < -0.3 is 5.11 Å². The second kappa shape index (κ2) is 18.3.